The van der Waals surface area contributed by atoms with Gasteiger partial charge in [0.05, 0.1) is 4.91 Å². The molecule has 1 aliphatic rings. The molecule has 5 nitrogen and oxygen atoms in total. The van der Waals surface area contributed by atoms with Crippen LogP contribution in [-0.4, -0.2) is 34.2 Å². The number of halogens is 1. The van der Waals surface area contributed by atoms with Crippen molar-refractivity contribution in [3.63, 3.8) is 0 Å². The second-order valence-electron chi connectivity index (χ2n) is 7.94. The van der Waals surface area contributed by atoms with Gasteiger partial charge >= 0.3 is 0 Å². The van der Waals surface area contributed by atoms with Gasteiger partial charge in [0.15, 0.2) is 6.61 Å². The minimum Gasteiger partial charge on any atom is -0.484 e. The summed E-state index contributed by atoms with van der Waals surface area (Å²) >= 11 is 10.2. The van der Waals surface area contributed by atoms with E-state index in [0.717, 1.165) is 27.6 Å². The van der Waals surface area contributed by atoms with E-state index in [0.29, 0.717) is 27.2 Å². The summed E-state index contributed by atoms with van der Waals surface area (Å²) in [5.74, 6) is 0.197. The number of thiocarbonyl (C=S) groups is 1. The Hall–Kier alpha value is -2.94. The van der Waals surface area contributed by atoms with Gasteiger partial charge in [0, 0.05) is 16.7 Å². The predicted octanol–water partition coefficient (Wildman–Crippen LogP) is 6.22. The van der Waals surface area contributed by atoms with Crippen LogP contribution in [0, 0.1) is 6.92 Å². The number of carbonyl (C=O) groups excluding carboxylic acids is 2. The Bertz CT molecular complexity index is 1290. The molecule has 2 amide bonds. The molecule has 0 bridgehead atoms. The van der Waals surface area contributed by atoms with Gasteiger partial charge in [0.1, 0.15) is 10.1 Å². The maximum atomic E-state index is 12.9. The van der Waals surface area contributed by atoms with Gasteiger partial charge in [-0.3, -0.25) is 14.5 Å². The van der Waals surface area contributed by atoms with Crippen molar-refractivity contribution in [2.75, 3.05) is 18.5 Å². The molecule has 0 saturated carbocycles. The number of thioether (sulfide) groups is 1. The lowest BCUT2D eigenvalue weighted by Gasteiger charge is -2.14. The molecule has 0 unspecified atom stereocenters. The highest BCUT2D eigenvalue weighted by molar-refractivity contribution is 9.10. The van der Waals surface area contributed by atoms with E-state index < -0.39 is 0 Å². The lowest BCUT2D eigenvalue weighted by molar-refractivity contribution is -0.122. The monoisotopic (exact) mass is 566 g/mol. The van der Waals surface area contributed by atoms with E-state index in [1.54, 1.807) is 23.1 Å². The molecular formula is C27H23BrN2O3S2. The first-order chi connectivity index (χ1) is 16.9. The van der Waals surface area contributed by atoms with Crippen LogP contribution in [0.4, 0.5) is 5.69 Å². The van der Waals surface area contributed by atoms with Crippen molar-refractivity contribution in [1.82, 2.24) is 4.90 Å². The predicted molar refractivity (Wildman–Crippen MR) is 149 cm³/mol. The molecule has 0 spiro atoms. The maximum absolute atomic E-state index is 12.9. The lowest BCUT2D eigenvalue weighted by Crippen LogP contribution is -2.30. The SMILES string of the molecule is Cc1cc(NC(=O)COc2cccc(/C=C3\SC(=S)N(CCc4ccccc4)C3=O)c2)ccc1Br. The van der Waals surface area contributed by atoms with Crippen LogP contribution in [-0.2, 0) is 16.0 Å². The van der Waals surface area contributed by atoms with Gasteiger partial charge in [0.25, 0.3) is 11.8 Å². The van der Waals surface area contributed by atoms with Crippen LogP contribution >= 0.6 is 39.9 Å². The lowest BCUT2D eigenvalue weighted by atomic mass is 10.1. The summed E-state index contributed by atoms with van der Waals surface area (Å²) in [5, 5.41) is 2.83. The van der Waals surface area contributed by atoms with E-state index in [-0.39, 0.29) is 18.4 Å². The van der Waals surface area contributed by atoms with Crippen LogP contribution in [0.1, 0.15) is 16.7 Å². The number of carbonyl (C=O) groups is 2. The number of hydrogen-bond acceptors (Lipinski definition) is 5. The third kappa shape index (κ3) is 6.81. The first-order valence-electron chi connectivity index (χ1n) is 11.0. The molecule has 0 aliphatic carbocycles. The highest BCUT2D eigenvalue weighted by atomic mass is 79.9. The quantitative estimate of drug-likeness (QED) is 0.259. The van der Waals surface area contributed by atoms with Crippen molar-refractivity contribution < 1.29 is 14.3 Å². The molecule has 8 heteroatoms. The maximum Gasteiger partial charge on any atom is 0.266 e. The van der Waals surface area contributed by atoms with Crippen LogP contribution in [0.25, 0.3) is 6.08 Å². The molecule has 1 aliphatic heterocycles. The summed E-state index contributed by atoms with van der Waals surface area (Å²) in [6.07, 6.45) is 2.55. The van der Waals surface area contributed by atoms with E-state index >= 15 is 0 Å². The third-order valence-electron chi connectivity index (χ3n) is 5.31. The highest BCUT2D eigenvalue weighted by Gasteiger charge is 2.31. The molecule has 3 aromatic rings. The van der Waals surface area contributed by atoms with Crippen molar-refractivity contribution in [1.29, 1.82) is 0 Å². The molecular weight excluding hydrogens is 544 g/mol. The van der Waals surface area contributed by atoms with Crippen molar-refractivity contribution in [2.24, 2.45) is 0 Å². The number of rotatable bonds is 8. The Morgan fingerprint density at radius 3 is 2.69 bits per heavy atom. The molecule has 1 saturated heterocycles. The van der Waals surface area contributed by atoms with E-state index in [9.17, 15) is 9.59 Å². The molecule has 0 atom stereocenters. The summed E-state index contributed by atoms with van der Waals surface area (Å²) in [4.78, 5) is 27.4. The van der Waals surface area contributed by atoms with Crippen molar-refractivity contribution >= 4 is 67.8 Å². The van der Waals surface area contributed by atoms with Gasteiger partial charge < -0.3 is 10.1 Å². The standard InChI is InChI=1S/C27H23BrN2O3S2/c1-18-14-21(10-11-23(18)28)29-25(31)17-33-22-9-5-8-20(15-22)16-24-26(32)30(27(34)35-24)13-12-19-6-3-2-4-7-19/h2-11,14-16H,12-13,17H2,1H3,(H,29,31)/b24-16-. The number of amides is 2. The number of hydrogen-bond donors (Lipinski definition) is 1. The summed E-state index contributed by atoms with van der Waals surface area (Å²) < 4.78 is 7.22. The zero-order chi connectivity index (χ0) is 24.8. The Kier molecular flexibility index (Phi) is 8.38. The first kappa shape index (κ1) is 25.2. The molecule has 35 heavy (non-hydrogen) atoms. The molecule has 0 aromatic heterocycles. The van der Waals surface area contributed by atoms with Crippen LogP contribution < -0.4 is 10.1 Å². The number of ether oxygens (including phenoxy) is 1. The third-order valence-corrected chi connectivity index (χ3v) is 7.58. The Labute approximate surface area is 222 Å². The minimum atomic E-state index is -0.253. The number of nitrogens with one attached hydrogen (secondary N) is 1. The second kappa shape index (κ2) is 11.7. The van der Waals surface area contributed by atoms with Gasteiger partial charge in [-0.2, -0.15) is 0 Å². The van der Waals surface area contributed by atoms with Crippen LogP contribution in [0.2, 0.25) is 0 Å². The summed E-state index contributed by atoms with van der Waals surface area (Å²) in [6, 6.07) is 22.9. The zero-order valence-electron chi connectivity index (χ0n) is 19.0. The van der Waals surface area contributed by atoms with Gasteiger partial charge in [-0.25, -0.2) is 0 Å². The molecule has 1 N–H and O–H groups in total. The van der Waals surface area contributed by atoms with Crippen LogP contribution in [0.15, 0.2) is 82.2 Å². The van der Waals surface area contributed by atoms with Gasteiger partial charge in [-0.1, -0.05) is 82.4 Å². The molecule has 1 heterocycles. The fraction of sp³-hybridized carbons (Fsp3) is 0.148. The average Bonchev–Trinajstić information content (AvgIpc) is 3.11. The van der Waals surface area contributed by atoms with E-state index in [4.69, 9.17) is 17.0 Å². The fourth-order valence-corrected chi connectivity index (χ4v) is 5.05. The normalized spacial score (nSPS) is 14.5. The van der Waals surface area contributed by atoms with E-state index in [1.807, 2.05) is 67.6 Å². The second-order valence-corrected chi connectivity index (χ2v) is 10.5. The number of benzene rings is 3. The number of nitrogens with zero attached hydrogens (tertiary/aromatic N) is 1. The Morgan fingerprint density at radius 1 is 1.11 bits per heavy atom. The molecule has 1 fully saturated rings. The molecule has 178 valence electrons. The van der Waals surface area contributed by atoms with E-state index in [1.165, 1.54) is 11.8 Å². The van der Waals surface area contributed by atoms with E-state index in [2.05, 4.69) is 21.2 Å². The molecule has 0 radical (unpaired) electrons. The van der Waals surface area contributed by atoms with Crippen LogP contribution in [0.5, 0.6) is 5.75 Å². The smallest absolute Gasteiger partial charge is 0.266 e. The van der Waals surface area contributed by atoms with Gasteiger partial charge in [0.2, 0.25) is 0 Å². The largest absolute Gasteiger partial charge is 0.484 e. The topological polar surface area (TPSA) is 58.6 Å². The van der Waals surface area contributed by atoms with Crippen molar-refractivity contribution in [2.45, 2.75) is 13.3 Å². The van der Waals surface area contributed by atoms with Crippen LogP contribution in [0.3, 0.4) is 0 Å². The zero-order valence-corrected chi connectivity index (χ0v) is 22.2. The number of anilines is 1. The summed E-state index contributed by atoms with van der Waals surface area (Å²) in [7, 11) is 0. The van der Waals surface area contributed by atoms with Crippen molar-refractivity contribution in [3.8, 4) is 5.75 Å². The molecule has 4 rings (SSSR count). The van der Waals surface area contributed by atoms with Gasteiger partial charge in [-0.15, -0.1) is 0 Å². The van der Waals surface area contributed by atoms with Gasteiger partial charge in [-0.05, 0) is 66.4 Å². The average molecular weight is 568 g/mol. The fourth-order valence-electron chi connectivity index (χ4n) is 3.49. The Morgan fingerprint density at radius 2 is 1.91 bits per heavy atom. The Balaban J connectivity index is 1.35. The summed E-state index contributed by atoms with van der Waals surface area (Å²) in [6.45, 7) is 2.38. The molecule has 3 aromatic carbocycles. The highest BCUT2D eigenvalue weighted by Crippen LogP contribution is 2.33. The first-order valence-corrected chi connectivity index (χ1v) is 13.0. The van der Waals surface area contributed by atoms with Crippen molar-refractivity contribution in [3.05, 3.63) is 98.9 Å². The minimum absolute atomic E-state index is 0.0913. The summed E-state index contributed by atoms with van der Waals surface area (Å²) in [5.41, 5.74) is 3.70. The number of aryl methyl sites for hydroxylation is 1.